The highest BCUT2D eigenvalue weighted by atomic mass is 35.5. The number of halogens is 1. The lowest BCUT2D eigenvalue weighted by Crippen LogP contribution is -2.25. The smallest absolute Gasteiger partial charge is 0.233 e. The normalized spacial score (nSPS) is 16.9. The lowest BCUT2D eigenvalue weighted by Gasteiger charge is -2.14. The average molecular weight is 228 g/mol. The van der Waals surface area contributed by atoms with Crippen LogP contribution in [0.4, 0.5) is 0 Å². The van der Waals surface area contributed by atoms with Crippen LogP contribution < -0.4 is 4.74 Å². The third-order valence-corrected chi connectivity index (χ3v) is 2.62. The Balaban J connectivity index is 1.73. The summed E-state index contributed by atoms with van der Waals surface area (Å²) < 4.78 is 5.45. The fourth-order valence-corrected chi connectivity index (χ4v) is 1.82. The second-order valence-electron chi connectivity index (χ2n) is 3.58. The number of likely N-dealkylation sites (tertiary alicyclic amines) is 1. The van der Waals surface area contributed by atoms with E-state index in [0.717, 1.165) is 6.54 Å². The van der Waals surface area contributed by atoms with Gasteiger partial charge in [0.2, 0.25) is 5.88 Å². The zero-order valence-electron chi connectivity index (χ0n) is 8.53. The molecule has 1 aromatic heterocycles. The molecule has 0 aromatic carbocycles. The fourth-order valence-electron chi connectivity index (χ4n) is 1.68. The first-order chi connectivity index (χ1) is 7.34. The van der Waals surface area contributed by atoms with E-state index in [1.165, 1.54) is 32.1 Å². The van der Waals surface area contributed by atoms with Gasteiger partial charge in [0, 0.05) is 6.54 Å². The van der Waals surface area contributed by atoms with Gasteiger partial charge in [-0.05, 0) is 25.9 Å². The molecule has 0 aliphatic carbocycles. The second-order valence-corrected chi connectivity index (χ2v) is 3.96. The van der Waals surface area contributed by atoms with Gasteiger partial charge in [-0.15, -0.1) is 0 Å². The van der Waals surface area contributed by atoms with Crippen molar-refractivity contribution in [3.05, 3.63) is 17.5 Å². The molecule has 0 N–H and O–H groups in total. The van der Waals surface area contributed by atoms with Crippen LogP contribution in [0.25, 0.3) is 0 Å². The van der Waals surface area contributed by atoms with Gasteiger partial charge in [-0.25, -0.2) is 0 Å². The Morgan fingerprint density at radius 1 is 1.33 bits per heavy atom. The molecule has 4 nitrogen and oxygen atoms in total. The van der Waals surface area contributed by atoms with Gasteiger partial charge >= 0.3 is 0 Å². The number of rotatable bonds is 4. The molecule has 82 valence electrons. The number of hydrogen-bond donors (Lipinski definition) is 0. The molecule has 0 saturated carbocycles. The summed E-state index contributed by atoms with van der Waals surface area (Å²) in [5, 5.41) is 0.369. The van der Waals surface area contributed by atoms with E-state index < -0.39 is 0 Å². The molecule has 1 aromatic rings. The highest BCUT2D eigenvalue weighted by molar-refractivity contribution is 6.29. The van der Waals surface area contributed by atoms with Crippen LogP contribution in [0.15, 0.2) is 12.4 Å². The van der Waals surface area contributed by atoms with E-state index >= 15 is 0 Å². The Morgan fingerprint density at radius 2 is 2.13 bits per heavy atom. The summed E-state index contributed by atoms with van der Waals surface area (Å²) >= 11 is 5.69. The molecule has 0 amide bonds. The first-order valence-corrected chi connectivity index (χ1v) is 5.55. The first-order valence-electron chi connectivity index (χ1n) is 5.17. The predicted octanol–water partition coefficient (Wildman–Crippen LogP) is 1.60. The van der Waals surface area contributed by atoms with E-state index in [9.17, 15) is 0 Å². The lowest BCUT2D eigenvalue weighted by molar-refractivity contribution is 0.231. The van der Waals surface area contributed by atoms with E-state index in [1.807, 2.05) is 0 Å². The molecule has 5 heteroatoms. The maximum absolute atomic E-state index is 5.69. The zero-order chi connectivity index (χ0) is 10.5. The van der Waals surface area contributed by atoms with E-state index in [1.54, 1.807) is 6.20 Å². The molecular formula is C10H14ClN3O. The van der Waals surface area contributed by atoms with Crippen LogP contribution in [0.5, 0.6) is 5.88 Å². The minimum atomic E-state index is 0.369. The van der Waals surface area contributed by atoms with Gasteiger partial charge in [0.05, 0.1) is 12.4 Å². The minimum absolute atomic E-state index is 0.369. The van der Waals surface area contributed by atoms with E-state index in [-0.39, 0.29) is 0 Å². The summed E-state index contributed by atoms with van der Waals surface area (Å²) in [5.41, 5.74) is 0. The van der Waals surface area contributed by atoms with Crippen molar-refractivity contribution in [1.82, 2.24) is 14.9 Å². The Hall–Kier alpha value is -0.870. The SMILES string of the molecule is Clc1cncc(OCCN2CCCC2)n1. The highest BCUT2D eigenvalue weighted by Crippen LogP contribution is 2.10. The van der Waals surface area contributed by atoms with Crippen LogP contribution in [0.3, 0.4) is 0 Å². The van der Waals surface area contributed by atoms with Crippen LogP contribution in [0, 0.1) is 0 Å². The van der Waals surface area contributed by atoms with Gasteiger partial charge in [-0.3, -0.25) is 9.88 Å². The zero-order valence-corrected chi connectivity index (χ0v) is 9.28. The molecule has 0 radical (unpaired) electrons. The molecular weight excluding hydrogens is 214 g/mol. The van der Waals surface area contributed by atoms with Gasteiger partial charge in [-0.1, -0.05) is 11.6 Å². The highest BCUT2D eigenvalue weighted by Gasteiger charge is 2.10. The van der Waals surface area contributed by atoms with Crippen molar-refractivity contribution in [3.63, 3.8) is 0 Å². The molecule has 2 heterocycles. The minimum Gasteiger partial charge on any atom is -0.475 e. The number of nitrogens with zero attached hydrogens (tertiary/aromatic N) is 3. The van der Waals surface area contributed by atoms with E-state index in [2.05, 4.69) is 14.9 Å². The quantitative estimate of drug-likeness (QED) is 0.783. The van der Waals surface area contributed by atoms with E-state index in [4.69, 9.17) is 16.3 Å². The van der Waals surface area contributed by atoms with Crippen LogP contribution >= 0.6 is 11.6 Å². The number of hydrogen-bond acceptors (Lipinski definition) is 4. The summed E-state index contributed by atoms with van der Waals surface area (Å²) in [7, 11) is 0. The van der Waals surface area contributed by atoms with Crippen molar-refractivity contribution in [2.75, 3.05) is 26.2 Å². The Morgan fingerprint density at radius 3 is 2.87 bits per heavy atom. The molecule has 1 saturated heterocycles. The molecule has 0 spiro atoms. The summed E-state index contributed by atoms with van der Waals surface area (Å²) in [6.07, 6.45) is 5.68. The van der Waals surface area contributed by atoms with Gasteiger partial charge in [0.1, 0.15) is 6.61 Å². The van der Waals surface area contributed by atoms with Crippen molar-refractivity contribution >= 4 is 11.6 Å². The van der Waals surface area contributed by atoms with Crippen molar-refractivity contribution in [2.45, 2.75) is 12.8 Å². The van der Waals surface area contributed by atoms with Crippen molar-refractivity contribution in [1.29, 1.82) is 0 Å². The van der Waals surface area contributed by atoms with Crippen molar-refractivity contribution in [2.24, 2.45) is 0 Å². The lowest BCUT2D eigenvalue weighted by atomic mass is 10.4. The number of aromatic nitrogens is 2. The predicted molar refractivity (Wildman–Crippen MR) is 58.2 cm³/mol. The van der Waals surface area contributed by atoms with Gasteiger partial charge < -0.3 is 4.74 Å². The second kappa shape index (κ2) is 5.28. The fraction of sp³-hybridized carbons (Fsp3) is 0.600. The molecule has 0 atom stereocenters. The van der Waals surface area contributed by atoms with Gasteiger partial charge in [-0.2, -0.15) is 4.98 Å². The van der Waals surface area contributed by atoms with Crippen molar-refractivity contribution < 1.29 is 4.74 Å². The maximum atomic E-state index is 5.69. The monoisotopic (exact) mass is 227 g/mol. The average Bonchev–Trinajstić information content (AvgIpc) is 2.71. The molecule has 1 aliphatic rings. The van der Waals surface area contributed by atoms with Crippen LogP contribution in [-0.4, -0.2) is 41.1 Å². The Labute approximate surface area is 94.2 Å². The standard InChI is InChI=1S/C10H14ClN3O/c11-9-7-12-8-10(13-9)15-6-5-14-3-1-2-4-14/h7-8H,1-6H2. The van der Waals surface area contributed by atoms with Crippen LogP contribution in [0.1, 0.15) is 12.8 Å². The first kappa shape index (κ1) is 10.6. The molecule has 2 rings (SSSR count). The van der Waals surface area contributed by atoms with Gasteiger partial charge in [0.25, 0.3) is 0 Å². The summed E-state index contributed by atoms with van der Waals surface area (Å²) in [6.45, 7) is 3.97. The van der Waals surface area contributed by atoms with E-state index in [0.29, 0.717) is 17.6 Å². The van der Waals surface area contributed by atoms with Crippen molar-refractivity contribution in [3.8, 4) is 5.88 Å². The Kier molecular flexibility index (Phi) is 3.75. The summed E-state index contributed by atoms with van der Waals surface area (Å²) in [6, 6.07) is 0. The topological polar surface area (TPSA) is 38.2 Å². The van der Waals surface area contributed by atoms with Crippen LogP contribution in [0.2, 0.25) is 5.15 Å². The number of ether oxygens (including phenoxy) is 1. The molecule has 0 unspecified atom stereocenters. The molecule has 15 heavy (non-hydrogen) atoms. The van der Waals surface area contributed by atoms with Crippen LogP contribution in [-0.2, 0) is 0 Å². The summed E-state index contributed by atoms with van der Waals surface area (Å²) in [4.78, 5) is 10.3. The maximum Gasteiger partial charge on any atom is 0.233 e. The third kappa shape index (κ3) is 3.32. The third-order valence-electron chi connectivity index (χ3n) is 2.44. The molecule has 1 aliphatic heterocycles. The largest absolute Gasteiger partial charge is 0.475 e. The Bertz CT molecular complexity index is 315. The molecule has 0 bridgehead atoms. The molecule has 1 fully saturated rings. The summed E-state index contributed by atoms with van der Waals surface area (Å²) in [5.74, 6) is 0.502. The van der Waals surface area contributed by atoms with Gasteiger partial charge in [0.15, 0.2) is 5.15 Å².